The van der Waals surface area contributed by atoms with Gasteiger partial charge in [-0.25, -0.2) is 0 Å². The van der Waals surface area contributed by atoms with Gasteiger partial charge in [0.1, 0.15) is 6.29 Å². The van der Waals surface area contributed by atoms with E-state index in [0.717, 1.165) is 30.5 Å². The van der Waals surface area contributed by atoms with E-state index in [4.69, 9.17) is 0 Å². The number of carbonyl (C=O) groups is 1. The molecule has 0 atom stereocenters. The van der Waals surface area contributed by atoms with Crippen LogP contribution in [-0.4, -0.2) is 38.5 Å². The Hall–Kier alpha value is -1.35. The molecule has 0 amide bonds. The van der Waals surface area contributed by atoms with Gasteiger partial charge in [-0.1, -0.05) is 0 Å². The van der Waals surface area contributed by atoms with Gasteiger partial charge in [0.15, 0.2) is 0 Å². The minimum Gasteiger partial charge on any atom is -0.360 e. The van der Waals surface area contributed by atoms with Crippen LogP contribution in [0.25, 0.3) is 0 Å². The molecule has 0 saturated carbocycles. The van der Waals surface area contributed by atoms with Crippen LogP contribution in [0.3, 0.4) is 0 Å². The number of piperazine rings is 1. The number of benzene rings is 1. The number of quaternary nitrogens is 1. The molecule has 3 nitrogen and oxygen atoms in total. The van der Waals surface area contributed by atoms with Crippen LogP contribution in [0.15, 0.2) is 18.2 Å². The number of nitrogens with zero attached hydrogens (tertiary/aromatic N) is 1. The Labute approximate surface area is 109 Å². The van der Waals surface area contributed by atoms with Gasteiger partial charge in [0.25, 0.3) is 0 Å². The number of carbonyl (C=O) groups excluding carboxylic acids is 1. The van der Waals surface area contributed by atoms with Crippen molar-refractivity contribution in [2.45, 2.75) is 26.8 Å². The Bertz CT molecular complexity index is 421. The van der Waals surface area contributed by atoms with Crippen LogP contribution in [-0.2, 0) is 0 Å². The van der Waals surface area contributed by atoms with E-state index in [1.54, 1.807) is 4.90 Å². The molecule has 18 heavy (non-hydrogen) atoms. The molecule has 0 radical (unpaired) electrons. The number of aldehydes is 1. The summed E-state index contributed by atoms with van der Waals surface area (Å²) in [6, 6.07) is 6.84. The van der Waals surface area contributed by atoms with Crippen LogP contribution < -0.4 is 9.80 Å². The number of aryl methyl sites for hydroxylation is 1. The van der Waals surface area contributed by atoms with Crippen LogP contribution in [0.1, 0.15) is 29.8 Å². The fourth-order valence-corrected chi connectivity index (χ4v) is 2.62. The number of rotatable bonds is 3. The third-order valence-electron chi connectivity index (χ3n) is 3.97. The topological polar surface area (TPSA) is 24.8 Å². The van der Waals surface area contributed by atoms with E-state index in [2.05, 4.69) is 30.9 Å². The Balaban J connectivity index is 2.05. The first-order chi connectivity index (χ1) is 8.61. The van der Waals surface area contributed by atoms with Crippen LogP contribution in [0.2, 0.25) is 0 Å². The SMILES string of the molecule is Cc1cc(N2CC[NH+](C(C)C)CC2)ccc1C=O. The van der Waals surface area contributed by atoms with Gasteiger partial charge in [-0.3, -0.25) is 4.79 Å². The molecule has 0 spiro atoms. The Morgan fingerprint density at radius 2 is 1.94 bits per heavy atom. The van der Waals surface area contributed by atoms with Crippen molar-refractivity contribution in [1.82, 2.24) is 0 Å². The van der Waals surface area contributed by atoms with Gasteiger partial charge < -0.3 is 9.80 Å². The van der Waals surface area contributed by atoms with Gasteiger partial charge in [-0.05, 0) is 44.5 Å². The summed E-state index contributed by atoms with van der Waals surface area (Å²) in [5.74, 6) is 0. The maximum atomic E-state index is 10.8. The molecule has 1 aromatic rings. The Morgan fingerprint density at radius 3 is 2.44 bits per heavy atom. The molecule has 3 heteroatoms. The summed E-state index contributed by atoms with van der Waals surface area (Å²) in [7, 11) is 0. The first-order valence-corrected chi connectivity index (χ1v) is 6.77. The second-order valence-electron chi connectivity index (χ2n) is 5.46. The van der Waals surface area contributed by atoms with Gasteiger partial charge in [-0.15, -0.1) is 0 Å². The number of hydrogen-bond acceptors (Lipinski definition) is 2. The molecule has 0 aromatic heterocycles. The fraction of sp³-hybridized carbons (Fsp3) is 0.533. The highest BCUT2D eigenvalue weighted by Gasteiger charge is 2.22. The van der Waals surface area contributed by atoms with E-state index in [-0.39, 0.29) is 0 Å². The summed E-state index contributed by atoms with van der Waals surface area (Å²) < 4.78 is 0. The van der Waals surface area contributed by atoms with Crippen molar-refractivity contribution in [2.24, 2.45) is 0 Å². The molecule has 0 unspecified atom stereocenters. The van der Waals surface area contributed by atoms with Crippen LogP contribution >= 0.6 is 0 Å². The third kappa shape index (κ3) is 2.72. The van der Waals surface area contributed by atoms with Gasteiger partial charge in [0.2, 0.25) is 0 Å². The van der Waals surface area contributed by atoms with Crippen molar-refractivity contribution >= 4 is 12.0 Å². The maximum absolute atomic E-state index is 10.8. The average molecular weight is 247 g/mol. The van der Waals surface area contributed by atoms with Gasteiger partial charge in [0, 0.05) is 11.3 Å². The highest BCUT2D eigenvalue weighted by atomic mass is 16.1. The zero-order valence-electron chi connectivity index (χ0n) is 11.6. The van der Waals surface area contributed by atoms with E-state index in [9.17, 15) is 4.79 Å². The fourth-order valence-electron chi connectivity index (χ4n) is 2.62. The maximum Gasteiger partial charge on any atom is 0.150 e. The van der Waals surface area contributed by atoms with Crippen molar-refractivity contribution in [3.63, 3.8) is 0 Å². The second-order valence-corrected chi connectivity index (χ2v) is 5.46. The predicted molar refractivity (Wildman–Crippen MR) is 74.6 cm³/mol. The zero-order valence-corrected chi connectivity index (χ0v) is 11.6. The van der Waals surface area contributed by atoms with Crippen molar-refractivity contribution in [3.8, 4) is 0 Å². The van der Waals surface area contributed by atoms with Crippen molar-refractivity contribution in [3.05, 3.63) is 29.3 Å². The molecule has 98 valence electrons. The molecule has 1 heterocycles. The van der Waals surface area contributed by atoms with E-state index in [0.29, 0.717) is 6.04 Å². The minimum atomic E-state index is 0.714. The molecular formula is C15H23N2O+. The lowest BCUT2D eigenvalue weighted by atomic mass is 10.1. The molecule has 0 aliphatic carbocycles. The summed E-state index contributed by atoms with van der Waals surface area (Å²) >= 11 is 0. The Kier molecular flexibility index (Phi) is 4.02. The molecule has 1 aliphatic heterocycles. The molecule has 1 N–H and O–H groups in total. The van der Waals surface area contributed by atoms with Crippen molar-refractivity contribution in [2.75, 3.05) is 31.1 Å². The zero-order chi connectivity index (χ0) is 13.1. The summed E-state index contributed by atoms with van der Waals surface area (Å²) in [5, 5.41) is 0. The Morgan fingerprint density at radius 1 is 1.28 bits per heavy atom. The monoisotopic (exact) mass is 247 g/mol. The molecule has 1 saturated heterocycles. The van der Waals surface area contributed by atoms with E-state index >= 15 is 0 Å². The smallest absolute Gasteiger partial charge is 0.150 e. The summed E-state index contributed by atoms with van der Waals surface area (Å²) in [4.78, 5) is 14.9. The first kappa shape index (κ1) is 13.1. The van der Waals surface area contributed by atoms with E-state index < -0.39 is 0 Å². The number of hydrogen-bond donors (Lipinski definition) is 1. The van der Waals surface area contributed by atoms with Crippen LogP contribution in [0, 0.1) is 6.92 Å². The molecule has 2 rings (SSSR count). The van der Waals surface area contributed by atoms with Crippen LogP contribution in [0.4, 0.5) is 5.69 Å². The van der Waals surface area contributed by atoms with E-state index in [1.165, 1.54) is 18.8 Å². The average Bonchev–Trinajstić information content (AvgIpc) is 2.38. The normalized spacial score (nSPS) is 17.2. The lowest BCUT2D eigenvalue weighted by molar-refractivity contribution is -0.921. The van der Waals surface area contributed by atoms with Crippen molar-refractivity contribution in [1.29, 1.82) is 0 Å². The third-order valence-corrected chi connectivity index (χ3v) is 3.97. The summed E-state index contributed by atoms with van der Waals surface area (Å²) in [5.41, 5.74) is 3.12. The molecule has 1 aromatic carbocycles. The quantitative estimate of drug-likeness (QED) is 0.804. The lowest BCUT2D eigenvalue weighted by Crippen LogP contribution is -3.17. The lowest BCUT2D eigenvalue weighted by Gasteiger charge is -2.35. The highest BCUT2D eigenvalue weighted by molar-refractivity contribution is 5.78. The minimum absolute atomic E-state index is 0.714. The largest absolute Gasteiger partial charge is 0.360 e. The number of anilines is 1. The van der Waals surface area contributed by atoms with Crippen LogP contribution in [0.5, 0.6) is 0 Å². The van der Waals surface area contributed by atoms with Gasteiger partial charge >= 0.3 is 0 Å². The first-order valence-electron chi connectivity index (χ1n) is 6.77. The van der Waals surface area contributed by atoms with Gasteiger partial charge in [0.05, 0.1) is 32.2 Å². The predicted octanol–water partition coefficient (Wildman–Crippen LogP) is 0.921. The number of nitrogens with one attached hydrogen (secondary N) is 1. The summed E-state index contributed by atoms with van der Waals surface area (Å²) in [6.07, 6.45) is 0.931. The summed E-state index contributed by atoms with van der Waals surface area (Å²) in [6.45, 7) is 11.2. The molecule has 1 fully saturated rings. The van der Waals surface area contributed by atoms with E-state index in [1.807, 2.05) is 13.0 Å². The van der Waals surface area contributed by atoms with Gasteiger partial charge in [-0.2, -0.15) is 0 Å². The highest BCUT2D eigenvalue weighted by Crippen LogP contribution is 2.18. The molecule has 0 bridgehead atoms. The second kappa shape index (κ2) is 5.53. The molecular weight excluding hydrogens is 224 g/mol. The molecule has 1 aliphatic rings. The standard InChI is InChI=1S/C15H22N2O/c1-12(2)16-6-8-17(9-7-16)15-5-4-14(11-18)13(3)10-15/h4-5,10-12H,6-9H2,1-3H3/p+1. The van der Waals surface area contributed by atoms with Crippen molar-refractivity contribution < 1.29 is 9.69 Å².